The van der Waals surface area contributed by atoms with E-state index in [0.29, 0.717) is 5.56 Å². The standard InChI is InChI=1S/C17H24N2O3/c1-17(2,3)22-16(21)18-14-7-5-9-19(11-14)15-8-4-6-13(10-15)12-20/h4,6,8,10,12,14H,5,7,9,11H2,1-3H3,(H,18,21)/t14-/m1/s1. The maximum atomic E-state index is 11.9. The normalized spacial score (nSPS) is 18.7. The molecule has 5 heteroatoms. The second-order valence-electron chi connectivity index (χ2n) is 6.64. The number of anilines is 1. The van der Waals surface area contributed by atoms with Crippen molar-refractivity contribution in [3.8, 4) is 0 Å². The van der Waals surface area contributed by atoms with Crippen molar-refractivity contribution < 1.29 is 14.3 Å². The molecule has 1 fully saturated rings. The molecule has 5 nitrogen and oxygen atoms in total. The van der Waals surface area contributed by atoms with Crippen molar-refractivity contribution in [2.75, 3.05) is 18.0 Å². The Bertz CT molecular complexity index is 537. The van der Waals surface area contributed by atoms with Gasteiger partial charge >= 0.3 is 6.09 Å². The molecule has 2 rings (SSSR count). The summed E-state index contributed by atoms with van der Waals surface area (Å²) in [5.41, 5.74) is 1.19. The van der Waals surface area contributed by atoms with E-state index >= 15 is 0 Å². The van der Waals surface area contributed by atoms with Crippen molar-refractivity contribution in [3.05, 3.63) is 29.8 Å². The number of carbonyl (C=O) groups is 2. The summed E-state index contributed by atoms with van der Waals surface area (Å²) in [6.07, 6.45) is 2.40. The number of rotatable bonds is 3. The van der Waals surface area contributed by atoms with E-state index in [1.54, 1.807) is 6.07 Å². The molecule has 0 saturated carbocycles. The highest BCUT2D eigenvalue weighted by molar-refractivity contribution is 5.77. The molecular weight excluding hydrogens is 280 g/mol. The third kappa shape index (κ3) is 4.76. The van der Waals surface area contributed by atoms with Crippen molar-refractivity contribution in [2.45, 2.75) is 45.3 Å². The van der Waals surface area contributed by atoms with Crippen LogP contribution >= 0.6 is 0 Å². The second kappa shape index (κ2) is 6.81. The van der Waals surface area contributed by atoms with Gasteiger partial charge in [0.15, 0.2) is 0 Å². The zero-order chi connectivity index (χ0) is 16.2. The first-order valence-electron chi connectivity index (χ1n) is 7.67. The van der Waals surface area contributed by atoms with Crippen LogP contribution in [0, 0.1) is 0 Å². The Morgan fingerprint density at radius 2 is 2.18 bits per heavy atom. The average molecular weight is 304 g/mol. The Hall–Kier alpha value is -2.04. The molecule has 120 valence electrons. The van der Waals surface area contributed by atoms with Gasteiger partial charge in [-0.2, -0.15) is 0 Å². The van der Waals surface area contributed by atoms with Gasteiger partial charge in [-0.05, 0) is 45.7 Å². The number of piperidine rings is 1. The molecule has 0 radical (unpaired) electrons. The first-order valence-corrected chi connectivity index (χ1v) is 7.67. The molecule has 0 spiro atoms. The van der Waals surface area contributed by atoms with Gasteiger partial charge < -0.3 is 15.0 Å². The third-order valence-corrected chi connectivity index (χ3v) is 3.51. The van der Waals surface area contributed by atoms with Crippen LogP contribution in [0.4, 0.5) is 10.5 Å². The lowest BCUT2D eigenvalue weighted by atomic mass is 10.0. The molecule has 22 heavy (non-hydrogen) atoms. The molecule has 1 aromatic rings. The summed E-state index contributed by atoms with van der Waals surface area (Å²) < 4.78 is 5.30. The van der Waals surface area contributed by atoms with Crippen molar-refractivity contribution in [1.29, 1.82) is 0 Å². The van der Waals surface area contributed by atoms with Crippen LogP contribution in [-0.4, -0.2) is 37.1 Å². The summed E-state index contributed by atoms with van der Waals surface area (Å²) >= 11 is 0. The quantitative estimate of drug-likeness (QED) is 0.872. The maximum Gasteiger partial charge on any atom is 0.407 e. The maximum absolute atomic E-state index is 11.9. The van der Waals surface area contributed by atoms with Crippen LogP contribution < -0.4 is 10.2 Å². The second-order valence-corrected chi connectivity index (χ2v) is 6.64. The van der Waals surface area contributed by atoms with Gasteiger partial charge in [0.2, 0.25) is 0 Å². The number of nitrogens with one attached hydrogen (secondary N) is 1. The lowest BCUT2D eigenvalue weighted by Crippen LogP contribution is -2.49. The Balaban J connectivity index is 1.96. The predicted molar refractivity (Wildman–Crippen MR) is 86.4 cm³/mol. The Morgan fingerprint density at radius 1 is 1.41 bits per heavy atom. The van der Waals surface area contributed by atoms with Crippen LogP contribution in [0.5, 0.6) is 0 Å². The molecule has 0 unspecified atom stereocenters. The molecule has 1 aliphatic rings. The molecule has 1 atom stereocenters. The zero-order valence-electron chi connectivity index (χ0n) is 13.5. The minimum absolute atomic E-state index is 0.0588. The fourth-order valence-electron chi connectivity index (χ4n) is 2.60. The number of nitrogens with zero attached hydrogens (tertiary/aromatic N) is 1. The molecule has 1 aromatic carbocycles. The third-order valence-electron chi connectivity index (χ3n) is 3.51. The van der Waals surface area contributed by atoms with E-state index in [4.69, 9.17) is 4.74 Å². The van der Waals surface area contributed by atoms with Gasteiger partial charge in [-0.1, -0.05) is 12.1 Å². The van der Waals surface area contributed by atoms with E-state index in [1.807, 2.05) is 39.0 Å². The number of ether oxygens (including phenoxy) is 1. The van der Waals surface area contributed by atoms with E-state index in [1.165, 1.54) is 0 Å². The summed E-state index contributed by atoms with van der Waals surface area (Å²) in [6, 6.07) is 7.59. The lowest BCUT2D eigenvalue weighted by molar-refractivity contribution is 0.0500. The molecule has 1 aliphatic heterocycles. The Labute approximate surface area is 131 Å². The van der Waals surface area contributed by atoms with Crippen LogP contribution in [-0.2, 0) is 4.74 Å². The van der Waals surface area contributed by atoms with Crippen molar-refractivity contribution in [2.24, 2.45) is 0 Å². The molecule has 0 bridgehead atoms. The minimum Gasteiger partial charge on any atom is -0.444 e. The smallest absolute Gasteiger partial charge is 0.407 e. The monoisotopic (exact) mass is 304 g/mol. The van der Waals surface area contributed by atoms with Crippen molar-refractivity contribution in [3.63, 3.8) is 0 Å². The van der Waals surface area contributed by atoms with Gasteiger partial charge in [0.05, 0.1) is 0 Å². The number of benzene rings is 1. The Kier molecular flexibility index (Phi) is 5.06. The first-order chi connectivity index (χ1) is 10.4. The first kappa shape index (κ1) is 16.3. The highest BCUT2D eigenvalue weighted by Crippen LogP contribution is 2.21. The van der Waals surface area contributed by atoms with Crippen LogP contribution in [0.3, 0.4) is 0 Å². The number of alkyl carbamates (subject to hydrolysis) is 1. The summed E-state index contributed by atoms with van der Waals surface area (Å²) in [6.45, 7) is 7.20. The summed E-state index contributed by atoms with van der Waals surface area (Å²) in [5, 5.41) is 2.93. The van der Waals surface area contributed by atoms with Gasteiger partial charge in [0, 0.05) is 30.4 Å². The number of carbonyl (C=O) groups excluding carboxylic acids is 2. The van der Waals surface area contributed by atoms with E-state index < -0.39 is 5.60 Å². The van der Waals surface area contributed by atoms with E-state index in [0.717, 1.165) is 37.9 Å². The number of hydrogen-bond acceptors (Lipinski definition) is 4. The fourth-order valence-corrected chi connectivity index (χ4v) is 2.60. The summed E-state index contributed by atoms with van der Waals surface area (Å²) in [4.78, 5) is 25.0. The van der Waals surface area contributed by atoms with Crippen molar-refractivity contribution in [1.82, 2.24) is 5.32 Å². The van der Waals surface area contributed by atoms with Crippen LogP contribution in [0.1, 0.15) is 44.0 Å². The average Bonchev–Trinajstić information content (AvgIpc) is 2.45. The molecule has 1 heterocycles. The van der Waals surface area contributed by atoms with E-state index in [2.05, 4.69) is 10.2 Å². The van der Waals surface area contributed by atoms with E-state index in [9.17, 15) is 9.59 Å². The lowest BCUT2D eigenvalue weighted by Gasteiger charge is -2.35. The van der Waals surface area contributed by atoms with Gasteiger partial charge in [-0.3, -0.25) is 4.79 Å². The highest BCUT2D eigenvalue weighted by atomic mass is 16.6. The summed E-state index contributed by atoms with van der Waals surface area (Å²) in [5.74, 6) is 0. The van der Waals surface area contributed by atoms with Gasteiger partial charge in [0.25, 0.3) is 0 Å². The Morgan fingerprint density at radius 3 is 2.86 bits per heavy atom. The molecule has 0 aliphatic carbocycles. The van der Waals surface area contributed by atoms with Crippen LogP contribution in [0.15, 0.2) is 24.3 Å². The number of aldehydes is 1. The number of amides is 1. The highest BCUT2D eigenvalue weighted by Gasteiger charge is 2.24. The van der Waals surface area contributed by atoms with Gasteiger partial charge in [0.1, 0.15) is 11.9 Å². The van der Waals surface area contributed by atoms with E-state index in [-0.39, 0.29) is 12.1 Å². The summed E-state index contributed by atoms with van der Waals surface area (Å²) in [7, 11) is 0. The molecular formula is C17H24N2O3. The SMILES string of the molecule is CC(C)(C)OC(=O)N[C@@H]1CCCN(c2cccc(C=O)c2)C1. The molecule has 1 N–H and O–H groups in total. The van der Waals surface area contributed by atoms with Crippen LogP contribution in [0.25, 0.3) is 0 Å². The van der Waals surface area contributed by atoms with Gasteiger partial charge in [-0.15, -0.1) is 0 Å². The number of hydrogen-bond donors (Lipinski definition) is 1. The topological polar surface area (TPSA) is 58.6 Å². The molecule has 0 aromatic heterocycles. The predicted octanol–water partition coefficient (Wildman–Crippen LogP) is 2.99. The largest absolute Gasteiger partial charge is 0.444 e. The van der Waals surface area contributed by atoms with Crippen molar-refractivity contribution >= 4 is 18.1 Å². The van der Waals surface area contributed by atoms with Crippen LogP contribution in [0.2, 0.25) is 0 Å². The fraction of sp³-hybridized carbons (Fsp3) is 0.529. The molecule has 1 amide bonds. The zero-order valence-corrected chi connectivity index (χ0v) is 13.5. The molecule has 1 saturated heterocycles. The van der Waals surface area contributed by atoms with Gasteiger partial charge in [-0.25, -0.2) is 4.79 Å². The minimum atomic E-state index is -0.489.